The van der Waals surface area contributed by atoms with Gasteiger partial charge in [0.25, 0.3) is 0 Å². The van der Waals surface area contributed by atoms with Gasteiger partial charge in [0.15, 0.2) is 0 Å². The maximum absolute atomic E-state index is 10.8. The minimum Gasteiger partial charge on any atom is -0.388 e. The molecule has 4 atom stereocenters. The van der Waals surface area contributed by atoms with E-state index in [0.717, 1.165) is 7.11 Å². The van der Waals surface area contributed by atoms with Gasteiger partial charge >= 0.3 is 7.82 Å². The summed E-state index contributed by atoms with van der Waals surface area (Å²) in [6, 6.07) is 0. The van der Waals surface area contributed by atoms with Gasteiger partial charge in [-0.2, -0.15) is 0 Å². The molecule has 7 nitrogen and oxygen atoms in total. The molecular formula is C6H13O7P. The van der Waals surface area contributed by atoms with Gasteiger partial charge < -0.3 is 19.8 Å². The number of ether oxygens (including phenoxy) is 1. The molecule has 0 saturated carbocycles. The Bertz CT molecular complexity index is 232. The van der Waals surface area contributed by atoms with Crippen LogP contribution in [0.25, 0.3) is 0 Å². The van der Waals surface area contributed by atoms with E-state index in [1.165, 1.54) is 0 Å². The Morgan fingerprint density at radius 3 is 2.64 bits per heavy atom. The molecule has 1 rings (SSSR count). The fraction of sp³-hybridized carbons (Fsp3) is 1.00. The standard InChI is InChI=1S/C6H13O7P/c1-11-14(9,10)13-3-5-6(8)4(7)2-12-5/h4-8H,2-3H2,1H3,(H,9,10). The normalized spacial score (nSPS) is 37.0. The van der Waals surface area contributed by atoms with E-state index in [1.807, 2.05) is 0 Å². The molecule has 0 radical (unpaired) electrons. The lowest BCUT2D eigenvalue weighted by Gasteiger charge is -2.16. The van der Waals surface area contributed by atoms with Gasteiger partial charge in [-0.1, -0.05) is 0 Å². The van der Waals surface area contributed by atoms with Crippen LogP contribution >= 0.6 is 7.82 Å². The maximum Gasteiger partial charge on any atom is 0.472 e. The topological polar surface area (TPSA) is 105 Å². The van der Waals surface area contributed by atoms with Crippen LogP contribution in [0.1, 0.15) is 0 Å². The summed E-state index contributed by atoms with van der Waals surface area (Å²) in [6.45, 7) is -0.322. The zero-order valence-electron chi connectivity index (χ0n) is 7.57. The number of phosphoric acid groups is 1. The predicted molar refractivity (Wildman–Crippen MR) is 44.5 cm³/mol. The summed E-state index contributed by atoms with van der Waals surface area (Å²) < 4.78 is 24.4. The highest BCUT2D eigenvalue weighted by atomic mass is 31.2. The van der Waals surface area contributed by atoms with Crippen LogP contribution in [0, 0.1) is 0 Å². The molecule has 1 saturated heterocycles. The lowest BCUT2D eigenvalue weighted by molar-refractivity contribution is -0.00713. The summed E-state index contributed by atoms with van der Waals surface area (Å²) in [4.78, 5) is 8.85. The fourth-order valence-electron chi connectivity index (χ4n) is 1.03. The van der Waals surface area contributed by atoms with Gasteiger partial charge in [0, 0.05) is 7.11 Å². The molecule has 4 unspecified atom stereocenters. The first-order valence-electron chi connectivity index (χ1n) is 3.97. The smallest absolute Gasteiger partial charge is 0.388 e. The molecule has 1 aliphatic rings. The maximum atomic E-state index is 10.8. The molecule has 8 heteroatoms. The molecule has 1 aliphatic heterocycles. The van der Waals surface area contributed by atoms with Gasteiger partial charge in [-0.3, -0.25) is 9.05 Å². The molecule has 14 heavy (non-hydrogen) atoms. The molecule has 0 aliphatic carbocycles. The number of rotatable bonds is 4. The first-order valence-corrected chi connectivity index (χ1v) is 5.46. The summed E-state index contributed by atoms with van der Waals surface area (Å²) in [5.74, 6) is 0. The second-order valence-corrected chi connectivity index (χ2v) is 4.44. The summed E-state index contributed by atoms with van der Waals surface area (Å²) in [5, 5.41) is 18.3. The van der Waals surface area contributed by atoms with Crippen LogP contribution in [0.15, 0.2) is 0 Å². The van der Waals surface area contributed by atoms with Crippen molar-refractivity contribution in [2.24, 2.45) is 0 Å². The summed E-state index contributed by atoms with van der Waals surface area (Å²) in [7, 11) is -3.02. The van der Waals surface area contributed by atoms with Gasteiger partial charge in [0.2, 0.25) is 0 Å². The van der Waals surface area contributed by atoms with Crippen molar-refractivity contribution in [1.29, 1.82) is 0 Å². The third-order valence-electron chi connectivity index (χ3n) is 1.89. The van der Waals surface area contributed by atoms with Gasteiger partial charge in [-0.05, 0) is 0 Å². The van der Waals surface area contributed by atoms with E-state index in [2.05, 4.69) is 9.05 Å². The lowest BCUT2D eigenvalue weighted by atomic mass is 10.2. The number of aliphatic hydroxyl groups excluding tert-OH is 2. The second kappa shape index (κ2) is 4.67. The first kappa shape index (κ1) is 12.1. The van der Waals surface area contributed by atoms with E-state index in [4.69, 9.17) is 14.7 Å². The first-order chi connectivity index (χ1) is 6.46. The molecule has 0 aromatic heterocycles. The van der Waals surface area contributed by atoms with Crippen LogP contribution in [0.3, 0.4) is 0 Å². The highest BCUT2D eigenvalue weighted by molar-refractivity contribution is 7.47. The van der Waals surface area contributed by atoms with Crippen molar-refractivity contribution >= 4 is 7.82 Å². The van der Waals surface area contributed by atoms with Crippen molar-refractivity contribution in [3.63, 3.8) is 0 Å². The van der Waals surface area contributed by atoms with Crippen LogP contribution in [0.5, 0.6) is 0 Å². The van der Waals surface area contributed by atoms with Crippen LogP contribution in [-0.4, -0.2) is 53.7 Å². The van der Waals surface area contributed by atoms with Crippen molar-refractivity contribution < 1.29 is 33.5 Å². The van der Waals surface area contributed by atoms with E-state index >= 15 is 0 Å². The number of aliphatic hydroxyl groups is 2. The number of phosphoric ester groups is 1. The van der Waals surface area contributed by atoms with E-state index < -0.39 is 26.1 Å². The highest BCUT2D eigenvalue weighted by Gasteiger charge is 2.36. The Labute approximate surface area is 80.8 Å². The van der Waals surface area contributed by atoms with Crippen LogP contribution < -0.4 is 0 Å². The fourth-order valence-corrected chi connectivity index (χ4v) is 1.47. The quantitative estimate of drug-likeness (QED) is 0.523. The largest absolute Gasteiger partial charge is 0.472 e. The molecular weight excluding hydrogens is 215 g/mol. The van der Waals surface area contributed by atoms with Crippen LogP contribution in [0.2, 0.25) is 0 Å². The zero-order valence-corrected chi connectivity index (χ0v) is 8.46. The minimum atomic E-state index is -4.04. The predicted octanol–water partition coefficient (Wildman–Crippen LogP) is -1.13. The molecule has 1 heterocycles. The second-order valence-electron chi connectivity index (χ2n) is 2.88. The van der Waals surface area contributed by atoms with E-state index in [9.17, 15) is 9.67 Å². The monoisotopic (exact) mass is 228 g/mol. The molecule has 1 fully saturated rings. The third-order valence-corrected chi connectivity index (χ3v) is 2.83. The van der Waals surface area contributed by atoms with Crippen molar-refractivity contribution in [3.8, 4) is 0 Å². The van der Waals surface area contributed by atoms with E-state index in [-0.39, 0.29) is 13.2 Å². The Morgan fingerprint density at radius 1 is 1.57 bits per heavy atom. The van der Waals surface area contributed by atoms with Crippen molar-refractivity contribution in [2.45, 2.75) is 18.3 Å². The summed E-state index contributed by atoms with van der Waals surface area (Å²) >= 11 is 0. The molecule has 0 bridgehead atoms. The Balaban J connectivity index is 2.36. The number of hydrogen-bond donors (Lipinski definition) is 3. The van der Waals surface area contributed by atoms with Gasteiger partial charge in [0.1, 0.15) is 18.3 Å². The summed E-state index contributed by atoms with van der Waals surface area (Å²) in [5.41, 5.74) is 0. The van der Waals surface area contributed by atoms with E-state index in [1.54, 1.807) is 0 Å². The number of hydrogen-bond acceptors (Lipinski definition) is 6. The molecule has 3 N–H and O–H groups in total. The zero-order chi connectivity index (χ0) is 10.8. The van der Waals surface area contributed by atoms with Crippen LogP contribution in [-0.2, 0) is 18.3 Å². The average Bonchev–Trinajstić information content (AvgIpc) is 2.45. The Kier molecular flexibility index (Phi) is 4.03. The third kappa shape index (κ3) is 2.99. The average molecular weight is 228 g/mol. The molecule has 0 aromatic carbocycles. The Morgan fingerprint density at radius 2 is 2.21 bits per heavy atom. The van der Waals surface area contributed by atoms with Crippen molar-refractivity contribution in [3.05, 3.63) is 0 Å². The van der Waals surface area contributed by atoms with Crippen molar-refractivity contribution in [2.75, 3.05) is 20.3 Å². The lowest BCUT2D eigenvalue weighted by Crippen LogP contribution is -2.32. The Hall–Kier alpha value is -0.0100. The highest BCUT2D eigenvalue weighted by Crippen LogP contribution is 2.42. The minimum absolute atomic E-state index is 0.0160. The van der Waals surface area contributed by atoms with Gasteiger partial charge in [-0.25, -0.2) is 4.57 Å². The molecule has 84 valence electrons. The molecule has 0 spiro atoms. The molecule has 0 aromatic rings. The van der Waals surface area contributed by atoms with E-state index in [0.29, 0.717) is 0 Å². The summed E-state index contributed by atoms with van der Waals surface area (Å²) in [6.07, 6.45) is -2.89. The van der Waals surface area contributed by atoms with Gasteiger partial charge in [0.05, 0.1) is 13.2 Å². The van der Waals surface area contributed by atoms with Crippen LogP contribution in [0.4, 0.5) is 0 Å². The molecule has 0 amide bonds. The van der Waals surface area contributed by atoms with Gasteiger partial charge in [-0.15, -0.1) is 0 Å². The SMILES string of the molecule is COP(=O)(O)OCC1OCC(O)C1O. The van der Waals surface area contributed by atoms with Crippen molar-refractivity contribution in [1.82, 2.24) is 0 Å².